The number of anilines is 1. The first kappa shape index (κ1) is 24.9. The van der Waals surface area contributed by atoms with Crippen LogP contribution in [0.4, 0.5) is 5.69 Å². The van der Waals surface area contributed by atoms with Gasteiger partial charge in [0.15, 0.2) is 0 Å². The van der Waals surface area contributed by atoms with Gasteiger partial charge in [-0.05, 0) is 37.7 Å². The van der Waals surface area contributed by atoms with Crippen molar-refractivity contribution in [3.8, 4) is 0 Å². The number of nitrogens with zero attached hydrogens (tertiary/aromatic N) is 2. The summed E-state index contributed by atoms with van der Waals surface area (Å²) in [5.41, 5.74) is 2.80. The van der Waals surface area contributed by atoms with Crippen molar-refractivity contribution in [3.63, 3.8) is 0 Å². The van der Waals surface area contributed by atoms with Crippen LogP contribution in [0.5, 0.6) is 0 Å². The molecular formula is C28H41N3O3. The SMILES string of the molecule is CCCCC(O)C(CC1CC1)C(=O)NC1N=C(C2CCCCCC2)c2ccccc2N(C)C1=O. The molecule has 2 aliphatic carbocycles. The third-order valence-electron chi connectivity index (χ3n) is 7.83. The number of likely N-dealkylation sites (N-methyl/N-ethyl adjacent to an activating group) is 1. The molecule has 0 bridgehead atoms. The van der Waals surface area contributed by atoms with E-state index < -0.39 is 18.2 Å². The zero-order valence-corrected chi connectivity index (χ0v) is 20.8. The van der Waals surface area contributed by atoms with Crippen molar-refractivity contribution in [1.29, 1.82) is 0 Å². The van der Waals surface area contributed by atoms with Crippen LogP contribution in [0.1, 0.15) is 89.5 Å². The number of aliphatic hydroxyl groups is 1. The lowest BCUT2D eigenvalue weighted by atomic mass is 9.89. The fourth-order valence-corrected chi connectivity index (χ4v) is 5.53. The molecule has 0 radical (unpaired) electrons. The van der Waals surface area contributed by atoms with Crippen LogP contribution in [0.2, 0.25) is 0 Å². The highest BCUT2D eigenvalue weighted by Gasteiger charge is 2.38. The molecule has 3 aliphatic rings. The van der Waals surface area contributed by atoms with E-state index in [1.165, 1.54) is 25.7 Å². The van der Waals surface area contributed by atoms with Crippen LogP contribution >= 0.6 is 0 Å². The normalized spacial score (nSPS) is 23.4. The maximum absolute atomic E-state index is 13.5. The molecule has 1 aromatic carbocycles. The van der Waals surface area contributed by atoms with Crippen LogP contribution in [0.15, 0.2) is 29.3 Å². The van der Waals surface area contributed by atoms with Gasteiger partial charge >= 0.3 is 0 Å². The highest BCUT2D eigenvalue weighted by molar-refractivity contribution is 6.13. The Hall–Kier alpha value is -2.21. The third-order valence-corrected chi connectivity index (χ3v) is 7.83. The van der Waals surface area contributed by atoms with E-state index in [9.17, 15) is 14.7 Å². The summed E-state index contributed by atoms with van der Waals surface area (Å²) >= 11 is 0. The van der Waals surface area contributed by atoms with Gasteiger partial charge in [0.2, 0.25) is 12.1 Å². The lowest BCUT2D eigenvalue weighted by Crippen LogP contribution is -2.49. The topological polar surface area (TPSA) is 82.0 Å². The number of hydrogen-bond acceptors (Lipinski definition) is 4. The molecule has 2 amide bonds. The number of nitrogens with one attached hydrogen (secondary N) is 1. The van der Waals surface area contributed by atoms with Crippen molar-refractivity contribution in [1.82, 2.24) is 5.32 Å². The maximum Gasteiger partial charge on any atom is 0.272 e. The van der Waals surface area contributed by atoms with E-state index in [1.807, 2.05) is 18.2 Å². The summed E-state index contributed by atoms with van der Waals surface area (Å²) in [5, 5.41) is 13.8. The van der Waals surface area contributed by atoms with E-state index in [-0.39, 0.29) is 11.8 Å². The first-order valence-corrected chi connectivity index (χ1v) is 13.4. The van der Waals surface area contributed by atoms with E-state index in [4.69, 9.17) is 4.99 Å². The Morgan fingerprint density at radius 1 is 1.15 bits per heavy atom. The summed E-state index contributed by atoms with van der Waals surface area (Å²) in [6.07, 6.45) is 10.7. The van der Waals surface area contributed by atoms with Crippen molar-refractivity contribution < 1.29 is 14.7 Å². The highest BCUT2D eigenvalue weighted by Crippen LogP contribution is 2.37. The number of aliphatic hydroxyl groups excluding tert-OH is 1. The lowest BCUT2D eigenvalue weighted by Gasteiger charge is -2.25. The monoisotopic (exact) mass is 467 g/mol. The van der Waals surface area contributed by atoms with Crippen molar-refractivity contribution >= 4 is 23.2 Å². The summed E-state index contributed by atoms with van der Waals surface area (Å²) in [4.78, 5) is 33.5. The summed E-state index contributed by atoms with van der Waals surface area (Å²) in [6.45, 7) is 2.09. The van der Waals surface area contributed by atoms with Gasteiger partial charge in [0, 0.05) is 18.5 Å². The minimum Gasteiger partial charge on any atom is -0.392 e. The molecule has 2 fully saturated rings. The minimum absolute atomic E-state index is 0.224. The molecule has 34 heavy (non-hydrogen) atoms. The largest absolute Gasteiger partial charge is 0.392 e. The highest BCUT2D eigenvalue weighted by atomic mass is 16.3. The zero-order chi connectivity index (χ0) is 24.1. The Balaban J connectivity index is 1.62. The number of hydrogen-bond donors (Lipinski definition) is 2. The molecule has 0 saturated heterocycles. The molecule has 2 saturated carbocycles. The molecule has 3 atom stereocenters. The van der Waals surface area contributed by atoms with Gasteiger partial charge in [0.25, 0.3) is 5.91 Å². The summed E-state index contributed by atoms with van der Waals surface area (Å²) in [7, 11) is 1.77. The van der Waals surface area contributed by atoms with Crippen LogP contribution in [0.25, 0.3) is 0 Å². The summed E-state index contributed by atoms with van der Waals surface area (Å²) < 4.78 is 0. The minimum atomic E-state index is -0.955. The molecule has 2 N–H and O–H groups in total. The predicted molar refractivity (Wildman–Crippen MR) is 136 cm³/mol. The van der Waals surface area contributed by atoms with Gasteiger partial charge in [-0.2, -0.15) is 0 Å². The summed E-state index contributed by atoms with van der Waals surface area (Å²) in [6, 6.07) is 7.96. The number of carbonyl (C=O) groups excluding carboxylic acids is 2. The molecule has 3 unspecified atom stereocenters. The molecule has 4 rings (SSSR count). The zero-order valence-electron chi connectivity index (χ0n) is 20.8. The molecule has 6 nitrogen and oxygen atoms in total. The maximum atomic E-state index is 13.5. The van der Waals surface area contributed by atoms with Crippen molar-refractivity contribution in [2.24, 2.45) is 22.7 Å². The fourth-order valence-electron chi connectivity index (χ4n) is 5.53. The van der Waals surface area contributed by atoms with Crippen molar-refractivity contribution in [2.45, 2.75) is 96.2 Å². The van der Waals surface area contributed by atoms with E-state index >= 15 is 0 Å². The number of aliphatic imine (C=N–C) groups is 1. The first-order valence-electron chi connectivity index (χ1n) is 13.4. The average Bonchev–Trinajstić information content (AvgIpc) is 3.70. The molecule has 6 heteroatoms. The second-order valence-electron chi connectivity index (χ2n) is 10.5. The number of unbranched alkanes of at least 4 members (excludes halogenated alkanes) is 1. The molecule has 0 aromatic heterocycles. The second kappa shape index (κ2) is 11.5. The fraction of sp³-hybridized carbons (Fsp3) is 0.679. The van der Waals surface area contributed by atoms with Gasteiger partial charge in [-0.25, -0.2) is 0 Å². The Kier molecular flexibility index (Phi) is 8.41. The summed E-state index contributed by atoms with van der Waals surface area (Å²) in [5.74, 6) is -0.150. The van der Waals surface area contributed by atoms with Gasteiger partial charge in [-0.1, -0.05) is 76.5 Å². The lowest BCUT2D eigenvalue weighted by molar-refractivity contribution is -0.133. The van der Waals surface area contributed by atoms with Gasteiger partial charge in [-0.15, -0.1) is 0 Å². The molecule has 1 aliphatic heterocycles. The van der Waals surface area contributed by atoms with Gasteiger partial charge in [0.1, 0.15) is 0 Å². The molecular weight excluding hydrogens is 426 g/mol. The Bertz CT molecular complexity index is 887. The number of benzodiazepines with no additional fused rings is 1. The van der Waals surface area contributed by atoms with E-state index in [2.05, 4.69) is 18.3 Å². The van der Waals surface area contributed by atoms with Crippen molar-refractivity contribution in [3.05, 3.63) is 29.8 Å². The van der Waals surface area contributed by atoms with Gasteiger partial charge < -0.3 is 15.3 Å². The number of rotatable bonds is 9. The number of carbonyl (C=O) groups is 2. The van der Waals surface area contributed by atoms with Crippen LogP contribution in [-0.2, 0) is 9.59 Å². The van der Waals surface area contributed by atoms with Crippen LogP contribution in [-0.4, -0.2) is 41.9 Å². The van der Waals surface area contributed by atoms with E-state index in [0.29, 0.717) is 24.7 Å². The number of benzene rings is 1. The van der Waals surface area contributed by atoms with Crippen LogP contribution in [0, 0.1) is 17.8 Å². The quantitative estimate of drug-likeness (QED) is 0.510. The van der Waals surface area contributed by atoms with Crippen LogP contribution in [0.3, 0.4) is 0 Å². The van der Waals surface area contributed by atoms with Crippen LogP contribution < -0.4 is 10.2 Å². The first-order chi connectivity index (χ1) is 16.5. The predicted octanol–water partition coefficient (Wildman–Crippen LogP) is 4.83. The van der Waals surface area contributed by atoms with Crippen molar-refractivity contribution in [2.75, 3.05) is 11.9 Å². The molecule has 0 spiro atoms. The molecule has 186 valence electrons. The Morgan fingerprint density at radius 3 is 2.53 bits per heavy atom. The Labute approximate surface area is 204 Å². The third kappa shape index (κ3) is 5.88. The Morgan fingerprint density at radius 2 is 1.85 bits per heavy atom. The number of para-hydroxylation sites is 1. The number of fused-ring (bicyclic) bond motifs is 1. The smallest absolute Gasteiger partial charge is 0.272 e. The van der Waals surface area contributed by atoms with E-state index in [1.54, 1.807) is 11.9 Å². The molecule has 1 aromatic rings. The van der Waals surface area contributed by atoms with Gasteiger partial charge in [-0.3, -0.25) is 14.6 Å². The number of amides is 2. The average molecular weight is 468 g/mol. The standard InChI is InChI=1S/C28H41N3O3/c1-3-4-15-24(32)22(18-19-16-17-19)27(33)30-26-28(34)31(2)23-14-10-9-13-21(23)25(29-26)20-11-7-5-6-8-12-20/h9-10,13-14,19-20,22,24,26,32H,3-8,11-12,15-18H2,1-2H3,(H,30,33). The van der Waals surface area contributed by atoms with E-state index in [0.717, 1.165) is 55.5 Å². The molecule has 1 heterocycles. The van der Waals surface area contributed by atoms with Gasteiger partial charge in [0.05, 0.1) is 23.4 Å². The second-order valence-corrected chi connectivity index (χ2v) is 10.5.